The quantitative estimate of drug-likeness (QED) is 0.346. The molecule has 8 heteroatoms. The topological polar surface area (TPSA) is 125 Å². The number of urea groups is 1. The minimum Gasteiger partial charge on any atom is -0.481 e. The van der Waals surface area contributed by atoms with Gasteiger partial charge in [0, 0.05) is 19.5 Å². The van der Waals surface area contributed by atoms with Crippen molar-refractivity contribution in [3.63, 3.8) is 0 Å². The van der Waals surface area contributed by atoms with E-state index in [9.17, 15) is 19.5 Å². The highest BCUT2D eigenvalue weighted by Crippen LogP contribution is 2.06. The number of carbonyl (C=O) groups excluding carboxylic acids is 2. The lowest BCUT2D eigenvalue weighted by Gasteiger charge is -2.21. The highest BCUT2D eigenvalue weighted by Gasteiger charge is 2.24. The SMILES string of the molecule is CCOC(=O)CCCNC(=O)NCC(C)(O)CC(=O)O. The first kappa shape index (κ1) is 18.2. The summed E-state index contributed by atoms with van der Waals surface area (Å²) in [5.74, 6) is -1.47. The first-order chi connectivity index (χ1) is 9.26. The van der Waals surface area contributed by atoms with Crippen LogP contribution >= 0.6 is 0 Å². The number of hydrogen-bond donors (Lipinski definition) is 4. The van der Waals surface area contributed by atoms with Gasteiger partial charge in [-0.3, -0.25) is 9.59 Å². The molecule has 116 valence electrons. The number of carbonyl (C=O) groups is 3. The number of carboxylic acids is 1. The summed E-state index contributed by atoms with van der Waals surface area (Å²) in [7, 11) is 0. The van der Waals surface area contributed by atoms with E-state index in [2.05, 4.69) is 10.6 Å². The van der Waals surface area contributed by atoms with E-state index in [1.165, 1.54) is 6.92 Å². The molecule has 1 atom stereocenters. The number of aliphatic hydroxyl groups is 1. The molecule has 4 N–H and O–H groups in total. The van der Waals surface area contributed by atoms with E-state index in [4.69, 9.17) is 9.84 Å². The third kappa shape index (κ3) is 10.1. The fourth-order valence-electron chi connectivity index (χ4n) is 1.39. The van der Waals surface area contributed by atoms with Crippen molar-refractivity contribution in [2.75, 3.05) is 19.7 Å². The molecule has 0 fully saturated rings. The second-order valence-corrected chi connectivity index (χ2v) is 4.59. The summed E-state index contributed by atoms with van der Waals surface area (Å²) in [5.41, 5.74) is -1.51. The molecule has 8 nitrogen and oxygen atoms in total. The van der Waals surface area contributed by atoms with Crippen LogP contribution < -0.4 is 10.6 Å². The van der Waals surface area contributed by atoms with E-state index in [1.807, 2.05) is 0 Å². The largest absolute Gasteiger partial charge is 0.481 e. The number of esters is 1. The maximum absolute atomic E-state index is 11.3. The summed E-state index contributed by atoms with van der Waals surface area (Å²) in [6, 6.07) is -0.528. The molecule has 0 rings (SSSR count). The molecule has 0 aromatic heterocycles. The number of carboxylic acid groups (broad SMARTS) is 1. The van der Waals surface area contributed by atoms with Crippen molar-refractivity contribution in [2.24, 2.45) is 0 Å². The van der Waals surface area contributed by atoms with Gasteiger partial charge in [-0.1, -0.05) is 0 Å². The Kier molecular flexibility index (Phi) is 8.30. The Morgan fingerprint density at radius 2 is 1.90 bits per heavy atom. The molecule has 0 saturated heterocycles. The minimum absolute atomic E-state index is 0.178. The summed E-state index contributed by atoms with van der Waals surface area (Å²) < 4.78 is 4.72. The molecule has 0 aliphatic heterocycles. The number of aliphatic carboxylic acids is 1. The van der Waals surface area contributed by atoms with Gasteiger partial charge in [-0.2, -0.15) is 0 Å². The Labute approximate surface area is 117 Å². The lowest BCUT2D eigenvalue weighted by molar-refractivity contribution is -0.143. The van der Waals surface area contributed by atoms with Crippen LogP contribution in [0, 0.1) is 0 Å². The van der Waals surface area contributed by atoms with Crippen molar-refractivity contribution in [2.45, 2.75) is 38.7 Å². The highest BCUT2D eigenvalue weighted by molar-refractivity contribution is 5.74. The Bertz CT molecular complexity index is 343. The number of amides is 2. The normalized spacial score (nSPS) is 13.2. The molecule has 0 aliphatic carbocycles. The van der Waals surface area contributed by atoms with Gasteiger partial charge in [-0.05, 0) is 20.3 Å². The predicted octanol–water partition coefficient (Wildman–Crippen LogP) is -0.145. The van der Waals surface area contributed by atoms with Crippen LogP contribution in [-0.4, -0.2) is 53.5 Å². The van der Waals surface area contributed by atoms with Gasteiger partial charge >= 0.3 is 18.0 Å². The van der Waals surface area contributed by atoms with Gasteiger partial charge in [-0.25, -0.2) is 4.79 Å². The summed E-state index contributed by atoms with van der Waals surface area (Å²) in [6.45, 7) is 3.47. The third-order valence-electron chi connectivity index (χ3n) is 2.31. The van der Waals surface area contributed by atoms with Crippen molar-refractivity contribution in [3.8, 4) is 0 Å². The van der Waals surface area contributed by atoms with Crippen molar-refractivity contribution in [1.82, 2.24) is 10.6 Å². The van der Waals surface area contributed by atoms with Crippen molar-refractivity contribution < 1.29 is 29.3 Å². The van der Waals surface area contributed by atoms with Gasteiger partial charge in [-0.15, -0.1) is 0 Å². The molecular weight excluding hydrogens is 268 g/mol. The zero-order valence-corrected chi connectivity index (χ0v) is 11.8. The molecule has 0 radical (unpaired) electrons. The van der Waals surface area contributed by atoms with Crippen LogP contribution in [0.1, 0.15) is 33.1 Å². The molecule has 0 aromatic carbocycles. The van der Waals surface area contributed by atoms with E-state index in [-0.39, 0.29) is 25.5 Å². The summed E-state index contributed by atoms with van der Waals surface area (Å²) >= 11 is 0. The maximum Gasteiger partial charge on any atom is 0.314 e. The average molecular weight is 290 g/mol. The van der Waals surface area contributed by atoms with Crippen molar-refractivity contribution in [3.05, 3.63) is 0 Å². The Balaban J connectivity index is 3.74. The van der Waals surface area contributed by atoms with Crippen LogP contribution in [0.25, 0.3) is 0 Å². The van der Waals surface area contributed by atoms with Gasteiger partial charge in [0.1, 0.15) is 0 Å². The Morgan fingerprint density at radius 3 is 2.45 bits per heavy atom. The highest BCUT2D eigenvalue weighted by atomic mass is 16.5. The fourth-order valence-corrected chi connectivity index (χ4v) is 1.39. The van der Waals surface area contributed by atoms with E-state index >= 15 is 0 Å². The van der Waals surface area contributed by atoms with E-state index in [0.717, 1.165) is 0 Å². The molecule has 2 amide bonds. The molecule has 1 unspecified atom stereocenters. The Morgan fingerprint density at radius 1 is 1.25 bits per heavy atom. The van der Waals surface area contributed by atoms with E-state index in [1.54, 1.807) is 6.92 Å². The van der Waals surface area contributed by atoms with E-state index < -0.39 is 24.0 Å². The number of rotatable bonds is 9. The van der Waals surface area contributed by atoms with Gasteiger partial charge in [0.2, 0.25) is 0 Å². The van der Waals surface area contributed by atoms with Crippen molar-refractivity contribution in [1.29, 1.82) is 0 Å². The molecule has 0 aromatic rings. The van der Waals surface area contributed by atoms with Gasteiger partial charge in [0.15, 0.2) is 0 Å². The summed E-state index contributed by atoms with van der Waals surface area (Å²) in [4.78, 5) is 32.8. The van der Waals surface area contributed by atoms with Gasteiger partial charge < -0.3 is 25.6 Å². The van der Waals surface area contributed by atoms with Crippen LogP contribution in [0.4, 0.5) is 4.79 Å². The van der Waals surface area contributed by atoms with E-state index in [0.29, 0.717) is 13.0 Å². The molecule has 0 spiro atoms. The molecule has 0 saturated carbocycles. The van der Waals surface area contributed by atoms with Crippen LogP contribution in [0.5, 0.6) is 0 Å². The van der Waals surface area contributed by atoms with Crippen LogP contribution in [0.3, 0.4) is 0 Å². The lowest BCUT2D eigenvalue weighted by atomic mass is 10.0. The number of nitrogens with one attached hydrogen (secondary N) is 2. The molecular formula is C12H22N2O6. The standard InChI is InChI=1S/C12H22N2O6/c1-3-20-10(17)5-4-6-13-11(18)14-8-12(2,19)7-9(15)16/h19H,3-8H2,1-2H3,(H,15,16)(H2,13,14,18). The Hall–Kier alpha value is -1.83. The van der Waals surface area contributed by atoms with Crippen LogP contribution in [0.2, 0.25) is 0 Å². The average Bonchev–Trinajstić information content (AvgIpc) is 2.31. The van der Waals surface area contributed by atoms with Gasteiger partial charge in [0.25, 0.3) is 0 Å². The molecule has 0 aliphatic rings. The minimum atomic E-state index is -1.51. The second-order valence-electron chi connectivity index (χ2n) is 4.59. The predicted molar refractivity (Wildman–Crippen MR) is 70.1 cm³/mol. The maximum atomic E-state index is 11.3. The van der Waals surface area contributed by atoms with Crippen LogP contribution in [0.15, 0.2) is 0 Å². The van der Waals surface area contributed by atoms with Gasteiger partial charge in [0.05, 0.1) is 18.6 Å². The first-order valence-corrected chi connectivity index (χ1v) is 6.38. The van der Waals surface area contributed by atoms with Crippen LogP contribution in [-0.2, 0) is 14.3 Å². The number of ether oxygens (including phenoxy) is 1. The molecule has 0 heterocycles. The zero-order valence-electron chi connectivity index (χ0n) is 11.8. The smallest absolute Gasteiger partial charge is 0.314 e. The monoisotopic (exact) mass is 290 g/mol. The molecule has 0 bridgehead atoms. The summed E-state index contributed by atoms with van der Waals surface area (Å²) in [6.07, 6.45) is 0.193. The van der Waals surface area contributed by atoms with Crippen molar-refractivity contribution >= 4 is 18.0 Å². The zero-order chi connectivity index (χ0) is 15.6. The first-order valence-electron chi connectivity index (χ1n) is 6.38. The lowest BCUT2D eigenvalue weighted by Crippen LogP contribution is -2.46. The second kappa shape index (κ2) is 9.13. The molecule has 20 heavy (non-hydrogen) atoms. The fraction of sp³-hybridized carbons (Fsp3) is 0.750. The summed E-state index contributed by atoms with van der Waals surface area (Å²) in [5, 5.41) is 23.1. The number of hydrogen-bond acceptors (Lipinski definition) is 5. The third-order valence-corrected chi connectivity index (χ3v) is 2.31.